The fourth-order valence-electron chi connectivity index (χ4n) is 1.35. The largest absolute Gasteiger partial charge is 0.463 e. The number of hydrogen-bond donors (Lipinski definition) is 0. The zero-order valence-corrected chi connectivity index (χ0v) is 6.82. The summed E-state index contributed by atoms with van der Waals surface area (Å²) in [5.74, 6) is 0.386. The zero-order valence-electron chi connectivity index (χ0n) is 6.82. The molecule has 2 fully saturated rings. The number of carbonyl (C=O) groups excluding carboxylic acids is 1. The van der Waals surface area contributed by atoms with E-state index in [9.17, 15) is 4.79 Å². The third kappa shape index (κ3) is 1.76. The number of fused-ring (bicyclic) bond motifs is 1. The van der Waals surface area contributed by atoms with Crippen molar-refractivity contribution in [3.05, 3.63) is 0 Å². The highest BCUT2D eigenvalue weighted by Crippen LogP contribution is 2.39. The molecule has 4 nitrogen and oxygen atoms in total. The normalized spacial score (nSPS) is 36.5. The van der Waals surface area contributed by atoms with E-state index in [1.807, 2.05) is 0 Å². The Hall–Kier alpha value is -0.610. The molecule has 0 radical (unpaired) electrons. The number of rotatable bonds is 0. The highest BCUT2D eigenvalue weighted by Gasteiger charge is 2.44. The molecule has 12 heavy (non-hydrogen) atoms. The molecule has 0 spiro atoms. The van der Waals surface area contributed by atoms with Crippen molar-refractivity contribution in [2.24, 2.45) is 11.8 Å². The van der Waals surface area contributed by atoms with Crippen LogP contribution in [0.4, 0.5) is 0 Å². The summed E-state index contributed by atoms with van der Waals surface area (Å²) in [6.45, 7) is 1.73. The molecule has 1 aliphatic heterocycles. The van der Waals surface area contributed by atoms with Crippen LogP contribution in [0.3, 0.4) is 0 Å². The van der Waals surface area contributed by atoms with Crippen LogP contribution in [-0.4, -0.2) is 32.6 Å². The Kier molecular flexibility index (Phi) is 2.28. The Labute approximate surface area is 70.8 Å². The molecule has 0 bridgehead atoms. The van der Waals surface area contributed by atoms with Crippen molar-refractivity contribution >= 4 is 5.97 Å². The lowest BCUT2D eigenvalue weighted by Crippen LogP contribution is -2.17. The van der Waals surface area contributed by atoms with Gasteiger partial charge in [0, 0.05) is 0 Å². The molecule has 1 aliphatic carbocycles. The van der Waals surface area contributed by atoms with Crippen LogP contribution in [0.5, 0.6) is 0 Å². The summed E-state index contributed by atoms with van der Waals surface area (Å²) in [5.41, 5.74) is 0. The van der Waals surface area contributed by atoms with Crippen molar-refractivity contribution in [1.82, 2.24) is 0 Å². The van der Waals surface area contributed by atoms with Crippen molar-refractivity contribution in [3.63, 3.8) is 0 Å². The molecular formula is C8H12O4. The lowest BCUT2D eigenvalue weighted by molar-refractivity contribution is -0.151. The summed E-state index contributed by atoms with van der Waals surface area (Å²) in [6.07, 6.45) is 0.916. The summed E-state index contributed by atoms with van der Waals surface area (Å²) in [7, 11) is 0. The molecule has 0 aromatic carbocycles. The molecule has 1 saturated carbocycles. The number of cyclic esters (lactones) is 1. The fraction of sp³-hybridized carbons (Fsp3) is 0.875. The van der Waals surface area contributed by atoms with Crippen LogP contribution in [0.15, 0.2) is 0 Å². The van der Waals surface area contributed by atoms with E-state index in [4.69, 9.17) is 14.2 Å². The Morgan fingerprint density at radius 1 is 1.25 bits per heavy atom. The lowest BCUT2D eigenvalue weighted by atomic mass is 10.3. The van der Waals surface area contributed by atoms with E-state index in [1.54, 1.807) is 0 Å². The zero-order chi connectivity index (χ0) is 8.39. The van der Waals surface area contributed by atoms with Gasteiger partial charge in [0.05, 0.1) is 19.1 Å². The Morgan fingerprint density at radius 2 is 2.17 bits per heavy atom. The van der Waals surface area contributed by atoms with Crippen molar-refractivity contribution in [2.75, 3.05) is 26.6 Å². The molecule has 2 atom stereocenters. The minimum Gasteiger partial charge on any atom is -0.463 e. The predicted octanol–water partition coefficient (Wildman–Crippen LogP) is 0.170. The van der Waals surface area contributed by atoms with Gasteiger partial charge in [-0.1, -0.05) is 0 Å². The summed E-state index contributed by atoms with van der Waals surface area (Å²) in [4.78, 5) is 11.1. The van der Waals surface area contributed by atoms with Gasteiger partial charge in [0.25, 0.3) is 0 Å². The first-order valence-corrected chi connectivity index (χ1v) is 4.20. The van der Waals surface area contributed by atoms with Gasteiger partial charge in [-0.3, -0.25) is 4.79 Å². The van der Waals surface area contributed by atoms with E-state index < -0.39 is 0 Å². The van der Waals surface area contributed by atoms with Gasteiger partial charge in [-0.2, -0.15) is 0 Å². The fourth-order valence-corrected chi connectivity index (χ4v) is 1.35. The maximum atomic E-state index is 11.1. The summed E-state index contributed by atoms with van der Waals surface area (Å²) < 4.78 is 15.2. The first-order valence-electron chi connectivity index (χ1n) is 4.20. The van der Waals surface area contributed by atoms with Gasteiger partial charge in [-0.15, -0.1) is 0 Å². The van der Waals surface area contributed by atoms with Crippen molar-refractivity contribution in [3.8, 4) is 0 Å². The molecule has 1 heterocycles. The van der Waals surface area contributed by atoms with Crippen LogP contribution < -0.4 is 0 Å². The van der Waals surface area contributed by atoms with Crippen LogP contribution in [-0.2, 0) is 19.0 Å². The predicted molar refractivity (Wildman–Crippen MR) is 39.3 cm³/mol. The topological polar surface area (TPSA) is 44.8 Å². The maximum absolute atomic E-state index is 11.1. The second kappa shape index (κ2) is 3.41. The van der Waals surface area contributed by atoms with E-state index in [1.165, 1.54) is 0 Å². The Balaban J connectivity index is 1.84. The van der Waals surface area contributed by atoms with Gasteiger partial charge in [-0.25, -0.2) is 0 Å². The average molecular weight is 172 g/mol. The van der Waals surface area contributed by atoms with Gasteiger partial charge in [0.2, 0.25) is 0 Å². The average Bonchev–Trinajstić information content (AvgIpc) is 2.82. The Morgan fingerprint density at radius 3 is 3.08 bits per heavy atom. The third-order valence-corrected chi connectivity index (χ3v) is 2.20. The second-order valence-corrected chi connectivity index (χ2v) is 3.17. The molecule has 2 unspecified atom stereocenters. The number of ether oxygens (including phenoxy) is 3. The highest BCUT2D eigenvalue weighted by atomic mass is 16.7. The molecule has 0 amide bonds. The van der Waals surface area contributed by atoms with Crippen molar-refractivity contribution < 1.29 is 19.0 Å². The van der Waals surface area contributed by atoms with Crippen LogP contribution in [0.1, 0.15) is 6.42 Å². The number of esters is 1. The number of hydrogen-bond acceptors (Lipinski definition) is 4. The second-order valence-electron chi connectivity index (χ2n) is 3.17. The lowest BCUT2D eigenvalue weighted by Gasteiger charge is -2.09. The van der Waals surface area contributed by atoms with Gasteiger partial charge >= 0.3 is 5.97 Å². The van der Waals surface area contributed by atoms with Crippen LogP contribution in [0, 0.1) is 11.8 Å². The monoisotopic (exact) mass is 172 g/mol. The van der Waals surface area contributed by atoms with E-state index in [-0.39, 0.29) is 11.9 Å². The maximum Gasteiger partial charge on any atom is 0.309 e. The third-order valence-electron chi connectivity index (χ3n) is 2.20. The molecule has 0 aromatic heterocycles. The van der Waals surface area contributed by atoms with Crippen LogP contribution in [0.2, 0.25) is 0 Å². The van der Waals surface area contributed by atoms with E-state index in [0.29, 0.717) is 32.5 Å². The molecule has 0 N–H and O–H groups in total. The minimum absolute atomic E-state index is 0.0888. The highest BCUT2D eigenvalue weighted by molar-refractivity contribution is 5.75. The van der Waals surface area contributed by atoms with E-state index in [2.05, 4.69) is 0 Å². The van der Waals surface area contributed by atoms with Gasteiger partial charge in [0.15, 0.2) is 0 Å². The van der Waals surface area contributed by atoms with Crippen LogP contribution in [0.25, 0.3) is 0 Å². The van der Waals surface area contributed by atoms with Crippen molar-refractivity contribution in [1.29, 1.82) is 0 Å². The molecular weight excluding hydrogens is 160 g/mol. The van der Waals surface area contributed by atoms with E-state index >= 15 is 0 Å². The number of carbonyl (C=O) groups is 1. The van der Waals surface area contributed by atoms with E-state index in [0.717, 1.165) is 6.42 Å². The first kappa shape index (κ1) is 8.01. The summed E-state index contributed by atoms with van der Waals surface area (Å²) in [6, 6.07) is 0. The van der Waals surface area contributed by atoms with Crippen LogP contribution >= 0.6 is 0 Å². The Bertz CT molecular complexity index is 180. The molecule has 2 aliphatic rings. The standard InChI is InChI=1S/C8H12O4/c9-8-7-3-6(7)4-11-5-10-1-2-12-8/h6-7H,1-5H2. The minimum atomic E-state index is -0.0888. The first-order chi connectivity index (χ1) is 5.88. The quantitative estimate of drug-likeness (QED) is 0.488. The molecule has 1 saturated heterocycles. The molecule has 2 rings (SSSR count). The molecule has 4 heteroatoms. The van der Waals surface area contributed by atoms with Gasteiger partial charge < -0.3 is 14.2 Å². The summed E-state index contributed by atoms with van der Waals surface area (Å²) in [5, 5.41) is 0. The van der Waals surface area contributed by atoms with Crippen molar-refractivity contribution in [2.45, 2.75) is 6.42 Å². The van der Waals surface area contributed by atoms with Gasteiger partial charge in [-0.05, 0) is 12.3 Å². The molecule has 0 aromatic rings. The van der Waals surface area contributed by atoms with Gasteiger partial charge in [0.1, 0.15) is 13.4 Å². The smallest absolute Gasteiger partial charge is 0.309 e. The molecule has 68 valence electrons. The SMILES string of the molecule is O=C1OCCOCOCC2CC12. The summed E-state index contributed by atoms with van der Waals surface area (Å²) >= 11 is 0.